The Morgan fingerprint density at radius 2 is 2.11 bits per heavy atom. The summed E-state index contributed by atoms with van der Waals surface area (Å²) in [6.45, 7) is 3.25. The molecular formula is C13H18FN3O. The third-order valence-corrected chi connectivity index (χ3v) is 3.37. The third kappa shape index (κ3) is 2.91. The Kier molecular flexibility index (Phi) is 3.69. The van der Waals surface area contributed by atoms with Gasteiger partial charge in [-0.15, -0.1) is 0 Å². The quantitative estimate of drug-likeness (QED) is 0.845. The Balaban J connectivity index is 1.95. The molecule has 1 heterocycles. The lowest BCUT2D eigenvalue weighted by Gasteiger charge is -2.32. The summed E-state index contributed by atoms with van der Waals surface area (Å²) in [7, 11) is 0. The van der Waals surface area contributed by atoms with E-state index in [2.05, 4.69) is 5.32 Å². The van der Waals surface area contributed by atoms with Crippen molar-refractivity contribution in [3.8, 4) is 0 Å². The minimum Gasteiger partial charge on any atom is -0.382 e. The molecule has 0 radical (unpaired) electrons. The van der Waals surface area contributed by atoms with Crippen molar-refractivity contribution < 1.29 is 9.18 Å². The topological polar surface area (TPSA) is 58.4 Å². The molecule has 2 amide bonds. The number of amides is 2. The molecule has 1 aliphatic rings. The van der Waals surface area contributed by atoms with Crippen LogP contribution in [0.15, 0.2) is 18.2 Å². The second-order valence-corrected chi connectivity index (χ2v) is 4.70. The molecule has 1 aromatic carbocycles. The van der Waals surface area contributed by atoms with E-state index in [9.17, 15) is 9.18 Å². The normalized spacial score (nSPS) is 16.7. The van der Waals surface area contributed by atoms with Gasteiger partial charge in [-0.25, -0.2) is 9.18 Å². The summed E-state index contributed by atoms with van der Waals surface area (Å²) >= 11 is 0. The molecule has 1 aromatic rings. The van der Waals surface area contributed by atoms with Gasteiger partial charge in [0.25, 0.3) is 0 Å². The standard InChI is InChI=1S/C13H18FN3O/c1-9-2-3-10(14)8-12(9)16-11-4-6-17(7-5-11)13(15)18/h2-3,8,11,16H,4-7H2,1H3,(H2,15,18). The van der Waals surface area contributed by atoms with E-state index < -0.39 is 0 Å². The van der Waals surface area contributed by atoms with Crippen LogP contribution in [0.5, 0.6) is 0 Å². The fraction of sp³-hybridized carbons (Fsp3) is 0.462. The van der Waals surface area contributed by atoms with Crippen LogP contribution in [0.2, 0.25) is 0 Å². The van der Waals surface area contributed by atoms with E-state index >= 15 is 0 Å². The van der Waals surface area contributed by atoms with Crippen LogP contribution in [0.1, 0.15) is 18.4 Å². The fourth-order valence-corrected chi connectivity index (χ4v) is 2.21. The predicted molar refractivity (Wildman–Crippen MR) is 68.9 cm³/mol. The maximum atomic E-state index is 13.2. The fourth-order valence-electron chi connectivity index (χ4n) is 2.21. The number of nitrogens with two attached hydrogens (primary N) is 1. The number of halogens is 1. The molecule has 2 rings (SSSR count). The molecule has 0 unspecified atom stereocenters. The summed E-state index contributed by atoms with van der Waals surface area (Å²) < 4.78 is 13.2. The molecule has 0 spiro atoms. The largest absolute Gasteiger partial charge is 0.382 e. The van der Waals surface area contributed by atoms with Crippen molar-refractivity contribution in [3.63, 3.8) is 0 Å². The molecule has 18 heavy (non-hydrogen) atoms. The number of nitrogens with zero attached hydrogens (tertiary/aromatic N) is 1. The van der Waals surface area contributed by atoms with Crippen molar-refractivity contribution in [1.29, 1.82) is 0 Å². The van der Waals surface area contributed by atoms with Crippen molar-refractivity contribution in [2.45, 2.75) is 25.8 Å². The first-order valence-corrected chi connectivity index (χ1v) is 6.13. The minimum absolute atomic E-state index is 0.238. The van der Waals surface area contributed by atoms with Crippen LogP contribution in [0.4, 0.5) is 14.9 Å². The van der Waals surface area contributed by atoms with Crippen molar-refractivity contribution >= 4 is 11.7 Å². The average molecular weight is 251 g/mol. The van der Waals surface area contributed by atoms with Gasteiger partial charge in [-0.1, -0.05) is 6.07 Å². The summed E-state index contributed by atoms with van der Waals surface area (Å²) in [6.07, 6.45) is 1.66. The second-order valence-electron chi connectivity index (χ2n) is 4.70. The molecule has 0 saturated carbocycles. The zero-order chi connectivity index (χ0) is 13.1. The maximum Gasteiger partial charge on any atom is 0.314 e. The molecule has 0 atom stereocenters. The number of carbonyl (C=O) groups is 1. The van der Waals surface area contributed by atoms with Gasteiger partial charge in [0.15, 0.2) is 0 Å². The molecule has 0 bridgehead atoms. The second kappa shape index (κ2) is 5.25. The van der Waals surface area contributed by atoms with Crippen molar-refractivity contribution in [3.05, 3.63) is 29.6 Å². The monoisotopic (exact) mass is 251 g/mol. The van der Waals surface area contributed by atoms with Gasteiger partial charge in [0.1, 0.15) is 5.82 Å². The van der Waals surface area contributed by atoms with Gasteiger partial charge in [0.05, 0.1) is 0 Å². The van der Waals surface area contributed by atoms with Gasteiger partial charge < -0.3 is 16.0 Å². The zero-order valence-corrected chi connectivity index (χ0v) is 10.4. The van der Waals surface area contributed by atoms with Crippen LogP contribution in [0.25, 0.3) is 0 Å². The van der Waals surface area contributed by atoms with E-state index in [0.29, 0.717) is 13.1 Å². The molecular weight excluding hydrogens is 233 g/mol. The highest BCUT2D eigenvalue weighted by Crippen LogP contribution is 2.20. The highest BCUT2D eigenvalue weighted by atomic mass is 19.1. The molecule has 3 N–H and O–H groups in total. The van der Waals surface area contributed by atoms with Crippen LogP contribution in [0.3, 0.4) is 0 Å². The number of hydrogen-bond donors (Lipinski definition) is 2. The molecule has 1 aliphatic heterocycles. The van der Waals surface area contributed by atoms with E-state index in [-0.39, 0.29) is 17.9 Å². The molecule has 0 aliphatic carbocycles. The highest BCUT2D eigenvalue weighted by molar-refractivity contribution is 5.72. The third-order valence-electron chi connectivity index (χ3n) is 3.37. The van der Waals surface area contributed by atoms with Crippen LogP contribution in [0, 0.1) is 12.7 Å². The van der Waals surface area contributed by atoms with E-state index in [1.807, 2.05) is 6.92 Å². The van der Waals surface area contributed by atoms with Gasteiger partial charge in [0.2, 0.25) is 0 Å². The van der Waals surface area contributed by atoms with Crippen LogP contribution in [-0.4, -0.2) is 30.1 Å². The summed E-state index contributed by atoms with van der Waals surface area (Å²) in [5, 5.41) is 3.33. The van der Waals surface area contributed by atoms with Crippen LogP contribution < -0.4 is 11.1 Å². The van der Waals surface area contributed by atoms with Gasteiger partial charge >= 0.3 is 6.03 Å². The average Bonchev–Trinajstić information content (AvgIpc) is 2.34. The first kappa shape index (κ1) is 12.7. The molecule has 1 fully saturated rings. The molecule has 4 nitrogen and oxygen atoms in total. The predicted octanol–water partition coefficient (Wildman–Crippen LogP) is 2.09. The number of carbonyl (C=O) groups excluding carboxylic acids is 1. The van der Waals surface area contributed by atoms with Gasteiger partial charge in [-0.05, 0) is 37.5 Å². The van der Waals surface area contributed by atoms with E-state index in [1.54, 1.807) is 11.0 Å². The lowest BCUT2D eigenvalue weighted by Crippen LogP contribution is -2.44. The first-order valence-electron chi connectivity index (χ1n) is 6.13. The van der Waals surface area contributed by atoms with Crippen molar-refractivity contribution in [2.75, 3.05) is 18.4 Å². The first-order chi connectivity index (χ1) is 8.56. The maximum absolute atomic E-state index is 13.2. The molecule has 98 valence electrons. The lowest BCUT2D eigenvalue weighted by atomic mass is 10.0. The number of benzene rings is 1. The highest BCUT2D eigenvalue weighted by Gasteiger charge is 2.21. The minimum atomic E-state index is -0.365. The van der Waals surface area contributed by atoms with Crippen molar-refractivity contribution in [1.82, 2.24) is 4.90 Å². The smallest absolute Gasteiger partial charge is 0.314 e. The molecule has 5 heteroatoms. The summed E-state index contributed by atoms with van der Waals surface area (Å²) in [4.78, 5) is 12.6. The Hall–Kier alpha value is -1.78. The Morgan fingerprint density at radius 1 is 1.44 bits per heavy atom. The number of nitrogens with one attached hydrogen (secondary N) is 1. The summed E-state index contributed by atoms with van der Waals surface area (Å²) in [5.41, 5.74) is 7.07. The number of aryl methyl sites for hydroxylation is 1. The van der Waals surface area contributed by atoms with Gasteiger partial charge in [-0.3, -0.25) is 0 Å². The number of anilines is 1. The van der Waals surface area contributed by atoms with Crippen molar-refractivity contribution in [2.24, 2.45) is 5.73 Å². The summed E-state index contributed by atoms with van der Waals surface area (Å²) in [6, 6.07) is 4.62. The van der Waals surface area contributed by atoms with Gasteiger partial charge in [0, 0.05) is 24.8 Å². The Labute approximate surface area is 106 Å². The number of rotatable bonds is 2. The van der Waals surface area contributed by atoms with Crippen LogP contribution >= 0.6 is 0 Å². The Bertz CT molecular complexity index is 442. The SMILES string of the molecule is Cc1ccc(F)cc1NC1CCN(C(N)=O)CC1. The summed E-state index contributed by atoms with van der Waals surface area (Å²) in [5.74, 6) is -0.238. The number of likely N-dealkylation sites (tertiary alicyclic amines) is 1. The van der Waals surface area contributed by atoms with E-state index in [4.69, 9.17) is 5.73 Å². The van der Waals surface area contributed by atoms with E-state index in [0.717, 1.165) is 24.1 Å². The van der Waals surface area contributed by atoms with Gasteiger partial charge in [-0.2, -0.15) is 0 Å². The van der Waals surface area contributed by atoms with E-state index in [1.165, 1.54) is 12.1 Å². The lowest BCUT2D eigenvalue weighted by molar-refractivity contribution is 0.193. The number of piperidine rings is 1. The van der Waals surface area contributed by atoms with Crippen LogP contribution in [-0.2, 0) is 0 Å². The molecule has 0 aromatic heterocycles. The number of urea groups is 1. The zero-order valence-electron chi connectivity index (χ0n) is 10.4. The number of hydrogen-bond acceptors (Lipinski definition) is 2. The molecule has 1 saturated heterocycles. The Morgan fingerprint density at radius 3 is 2.72 bits per heavy atom. The number of primary amides is 1.